The van der Waals surface area contributed by atoms with Gasteiger partial charge in [0.05, 0.1) is 6.10 Å². The highest BCUT2D eigenvalue weighted by molar-refractivity contribution is 5.06. The molecule has 53 valence electrons. The Balaban J connectivity index is 2.59. The summed E-state index contributed by atoms with van der Waals surface area (Å²) in [4.78, 5) is 3.94. The molecule has 0 fully saturated rings. The van der Waals surface area contributed by atoms with Gasteiger partial charge in [-0.1, -0.05) is 0 Å². The zero-order chi connectivity index (χ0) is 7.40. The minimum Gasteiger partial charge on any atom is -0.475 e. The lowest BCUT2D eigenvalue weighted by Gasteiger charge is -2.06. The van der Waals surface area contributed by atoms with Crippen LogP contribution in [0.2, 0.25) is 0 Å². The quantitative estimate of drug-likeness (QED) is 0.617. The summed E-state index contributed by atoms with van der Waals surface area (Å²) in [7, 11) is 0. The van der Waals surface area contributed by atoms with Crippen molar-refractivity contribution >= 4 is 0 Å². The van der Waals surface area contributed by atoms with Crippen LogP contribution < -0.4 is 4.74 Å². The Morgan fingerprint density at radius 2 is 2.40 bits per heavy atom. The van der Waals surface area contributed by atoms with Crippen molar-refractivity contribution in [1.82, 2.24) is 4.98 Å². The molecule has 2 heteroatoms. The highest BCUT2D eigenvalue weighted by atomic mass is 16.5. The zero-order valence-electron chi connectivity index (χ0n) is 6.16. The van der Waals surface area contributed by atoms with Gasteiger partial charge in [0.15, 0.2) is 0 Å². The average molecular weight is 136 g/mol. The van der Waals surface area contributed by atoms with Gasteiger partial charge in [0, 0.05) is 12.3 Å². The molecule has 1 aromatic heterocycles. The molecular formula is C8H10NO. The van der Waals surface area contributed by atoms with Crippen LogP contribution in [0, 0.1) is 6.07 Å². The molecule has 0 aromatic carbocycles. The fourth-order valence-corrected chi connectivity index (χ4v) is 0.598. The molecule has 1 rings (SSSR count). The molecular weight excluding hydrogens is 126 g/mol. The van der Waals surface area contributed by atoms with Crippen molar-refractivity contribution in [1.29, 1.82) is 0 Å². The first kappa shape index (κ1) is 7.06. The second-order valence-electron chi connectivity index (χ2n) is 2.25. The van der Waals surface area contributed by atoms with E-state index in [0.717, 1.165) is 0 Å². The second kappa shape index (κ2) is 3.20. The molecule has 1 radical (unpaired) electrons. The normalized spacial score (nSPS) is 9.90. The van der Waals surface area contributed by atoms with Gasteiger partial charge >= 0.3 is 0 Å². The van der Waals surface area contributed by atoms with Crippen LogP contribution in [0.4, 0.5) is 0 Å². The van der Waals surface area contributed by atoms with E-state index in [1.807, 2.05) is 19.9 Å². The molecule has 0 aliphatic rings. The minimum atomic E-state index is 0.172. The number of hydrogen-bond acceptors (Lipinski definition) is 2. The fraction of sp³-hybridized carbons (Fsp3) is 0.375. The molecule has 1 aromatic rings. The molecule has 0 bridgehead atoms. The van der Waals surface area contributed by atoms with E-state index in [1.165, 1.54) is 0 Å². The smallest absolute Gasteiger partial charge is 0.221 e. The number of rotatable bonds is 2. The highest BCUT2D eigenvalue weighted by Gasteiger charge is 1.95. The van der Waals surface area contributed by atoms with Gasteiger partial charge in [-0.2, -0.15) is 0 Å². The lowest BCUT2D eigenvalue weighted by atomic mass is 10.4. The molecule has 0 unspecified atom stereocenters. The van der Waals surface area contributed by atoms with Crippen LogP contribution in [-0.2, 0) is 0 Å². The van der Waals surface area contributed by atoms with Crippen molar-refractivity contribution in [2.45, 2.75) is 20.0 Å². The van der Waals surface area contributed by atoms with Crippen molar-refractivity contribution in [3.63, 3.8) is 0 Å². The van der Waals surface area contributed by atoms with Gasteiger partial charge in [-0.05, 0) is 26.0 Å². The summed E-state index contributed by atoms with van der Waals surface area (Å²) in [6.45, 7) is 3.92. The molecule has 0 atom stereocenters. The fourth-order valence-electron chi connectivity index (χ4n) is 0.598. The third kappa shape index (κ3) is 2.05. The molecule has 10 heavy (non-hydrogen) atoms. The topological polar surface area (TPSA) is 22.1 Å². The molecule has 0 spiro atoms. The predicted molar refractivity (Wildman–Crippen MR) is 38.8 cm³/mol. The first-order valence-electron chi connectivity index (χ1n) is 3.28. The van der Waals surface area contributed by atoms with Crippen LogP contribution in [0.25, 0.3) is 0 Å². The van der Waals surface area contributed by atoms with E-state index in [0.29, 0.717) is 5.88 Å². The van der Waals surface area contributed by atoms with Crippen LogP contribution in [0.15, 0.2) is 18.3 Å². The van der Waals surface area contributed by atoms with Crippen LogP contribution in [0.1, 0.15) is 13.8 Å². The summed E-state index contributed by atoms with van der Waals surface area (Å²) >= 11 is 0. The average Bonchev–Trinajstić information content (AvgIpc) is 1.88. The first-order valence-corrected chi connectivity index (χ1v) is 3.28. The third-order valence-electron chi connectivity index (χ3n) is 0.928. The third-order valence-corrected chi connectivity index (χ3v) is 0.928. The number of hydrogen-bond donors (Lipinski definition) is 0. The van der Waals surface area contributed by atoms with Gasteiger partial charge in [0.1, 0.15) is 0 Å². The maximum Gasteiger partial charge on any atom is 0.221 e. The van der Waals surface area contributed by atoms with Crippen LogP contribution in [-0.4, -0.2) is 11.1 Å². The lowest BCUT2D eigenvalue weighted by molar-refractivity contribution is 0.232. The maximum absolute atomic E-state index is 5.25. The molecule has 1 heterocycles. The van der Waals surface area contributed by atoms with Gasteiger partial charge in [-0.25, -0.2) is 4.98 Å². The Kier molecular flexibility index (Phi) is 2.26. The second-order valence-corrected chi connectivity index (χ2v) is 2.25. The molecule has 0 aliphatic carbocycles. The van der Waals surface area contributed by atoms with Gasteiger partial charge in [-0.3, -0.25) is 0 Å². The van der Waals surface area contributed by atoms with Crippen molar-refractivity contribution in [3.05, 3.63) is 24.4 Å². The van der Waals surface area contributed by atoms with Gasteiger partial charge in [-0.15, -0.1) is 0 Å². The van der Waals surface area contributed by atoms with E-state index in [1.54, 1.807) is 12.3 Å². The first-order chi connectivity index (χ1) is 4.79. The number of aromatic nitrogens is 1. The van der Waals surface area contributed by atoms with Gasteiger partial charge in [0.2, 0.25) is 5.88 Å². The Morgan fingerprint density at radius 1 is 1.60 bits per heavy atom. The van der Waals surface area contributed by atoms with Gasteiger partial charge < -0.3 is 4.74 Å². The summed E-state index contributed by atoms with van der Waals surface area (Å²) in [6.07, 6.45) is 1.86. The number of pyridine rings is 1. The molecule has 0 amide bonds. The van der Waals surface area contributed by atoms with Gasteiger partial charge in [0.25, 0.3) is 0 Å². The largest absolute Gasteiger partial charge is 0.475 e. The highest BCUT2D eigenvalue weighted by Crippen LogP contribution is 2.03. The van der Waals surface area contributed by atoms with E-state index < -0.39 is 0 Å². The molecule has 0 saturated heterocycles. The monoisotopic (exact) mass is 136 g/mol. The summed E-state index contributed by atoms with van der Waals surface area (Å²) in [5.41, 5.74) is 0. The SMILES string of the molecule is CC(C)Oc1[c]cccn1. The summed E-state index contributed by atoms with van der Waals surface area (Å²) in [5, 5.41) is 0. The van der Waals surface area contributed by atoms with Crippen molar-refractivity contribution in [3.8, 4) is 5.88 Å². The van der Waals surface area contributed by atoms with Crippen molar-refractivity contribution in [2.75, 3.05) is 0 Å². The van der Waals surface area contributed by atoms with Crippen LogP contribution >= 0.6 is 0 Å². The summed E-state index contributed by atoms with van der Waals surface area (Å²) < 4.78 is 5.25. The standard InChI is InChI=1S/C8H10NO/c1-7(2)10-8-5-3-4-6-9-8/h3-4,6-7H,1-2H3. The van der Waals surface area contributed by atoms with E-state index in [2.05, 4.69) is 11.1 Å². The van der Waals surface area contributed by atoms with E-state index in [9.17, 15) is 0 Å². The van der Waals surface area contributed by atoms with Crippen molar-refractivity contribution < 1.29 is 4.74 Å². The zero-order valence-corrected chi connectivity index (χ0v) is 6.16. The van der Waals surface area contributed by atoms with Crippen LogP contribution in [0.5, 0.6) is 5.88 Å². The van der Waals surface area contributed by atoms with E-state index in [-0.39, 0.29) is 6.10 Å². The summed E-state index contributed by atoms with van der Waals surface area (Å²) in [5.74, 6) is 0.567. The number of nitrogens with zero attached hydrogens (tertiary/aromatic N) is 1. The Labute approximate surface area is 60.9 Å². The molecule has 0 N–H and O–H groups in total. The van der Waals surface area contributed by atoms with Crippen LogP contribution in [0.3, 0.4) is 0 Å². The predicted octanol–water partition coefficient (Wildman–Crippen LogP) is 1.67. The van der Waals surface area contributed by atoms with E-state index >= 15 is 0 Å². The molecule has 0 aliphatic heterocycles. The number of ether oxygens (including phenoxy) is 1. The Bertz CT molecular complexity index is 184. The maximum atomic E-state index is 5.25. The molecule has 2 nitrogen and oxygen atoms in total. The van der Waals surface area contributed by atoms with E-state index in [4.69, 9.17) is 4.74 Å². The Hall–Kier alpha value is -1.05. The minimum absolute atomic E-state index is 0.172. The molecule has 0 saturated carbocycles. The summed E-state index contributed by atoms with van der Waals surface area (Å²) in [6, 6.07) is 6.46. The van der Waals surface area contributed by atoms with Crippen molar-refractivity contribution in [2.24, 2.45) is 0 Å². The lowest BCUT2D eigenvalue weighted by Crippen LogP contribution is -2.06. The Morgan fingerprint density at radius 3 is 2.90 bits per heavy atom.